The third kappa shape index (κ3) is 4.33. The largest absolute Gasteiger partial charge is 0.481 e. The number of carbonyl (C=O) groups is 1. The number of hydrogen-bond donors (Lipinski definition) is 1. The molecule has 21 heavy (non-hydrogen) atoms. The van der Waals surface area contributed by atoms with Crippen LogP contribution in [0.2, 0.25) is 0 Å². The first kappa shape index (κ1) is 15.1. The highest BCUT2D eigenvalue weighted by molar-refractivity contribution is 9.10. The van der Waals surface area contributed by atoms with Crippen LogP contribution in [0.5, 0.6) is 5.75 Å². The lowest BCUT2D eigenvalue weighted by atomic mass is 10.2. The van der Waals surface area contributed by atoms with E-state index in [0.29, 0.717) is 17.0 Å². The first-order valence-electron chi connectivity index (χ1n) is 6.32. The molecule has 0 aliphatic heterocycles. The average molecular weight is 345 g/mol. The standard InChI is InChI=1S/C16H13BrN2O2/c1-11(21-15-7-5-13(17)6-8-15)16(20)19-14-4-2-3-12(9-14)10-18/h2-9,11H,1H3,(H,19,20)/t11-/m0/s1. The van der Waals surface area contributed by atoms with E-state index in [-0.39, 0.29) is 5.91 Å². The Kier molecular flexibility index (Phi) is 4.96. The van der Waals surface area contributed by atoms with Crippen molar-refractivity contribution in [1.29, 1.82) is 5.26 Å². The Labute approximate surface area is 131 Å². The molecule has 0 heterocycles. The van der Waals surface area contributed by atoms with Gasteiger partial charge in [0.1, 0.15) is 5.75 Å². The zero-order chi connectivity index (χ0) is 15.2. The second-order valence-electron chi connectivity index (χ2n) is 4.40. The van der Waals surface area contributed by atoms with Crippen LogP contribution < -0.4 is 10.1 Å². The number of nitrogens with zero attached hydrogens (tertiary/aromatic N) is 1. The summed E-state index contributed by atoms with van der Waals surface area (Å²) in [7, 11) is 0. The van der Waals surface area contributed by atoms with Gasteiger partial charge in [-0.2, -0.15) is 5.26 Å². The lowest BCUT2D eigenvalue weighted by Crippen LogP contribution is -2.30. The molecule has 0 unspecified atom stereocenters. The Bertz CT molecular complexity index is 677. The minimum atomic E-state index is -0.642. The van der Waals surface area contributed by atoms with Crippen molar-refractivity contribution in [2.45, 2.75) is 13.0 Å². The molecule has 1 atom stereocenters. The Hall–Kier alpha value is -2.32. The third-order valence-corrected chi connectivity index (χ3v) is 3.28. The molecule has 1 N–H and O–H groups in total. The summed E-state index contributed by atoms with van der Waals surface area (Å²) in [6.07, 6.45) is -0.642. The predicted octanol–water partition coefficient (Wildman–Crippen LogP) is 3.73. The van der Waals surface area contributed by atoms with Crippen molar-refractivity contribution in [2.75, 3.05) is 5.32 Å². The number of benzene rings is 2. The summed E-state index contributed by atoms with van der Waals surface area (Å²) in [5.41, 5.74) is 1.07. The fourth-order valence-corrected chi connectivity index (χ4v) is 1.95. The van der Waals surface area contributed by atoms with Gasteiger partial charge in [0.2, 0.25) is 0 Å². The molecule has 0 aromatic heterocycles. The number of nitriles is 1. The SMILES string of the molecule is C[C@H](Oc1ccc(Br)cc1)C(=O)Nc1cccc(C#N)c1. The smallest absolute Gasteiger partial charge is 0.265 e. The van der Waals surface area contributed by atoms with Crippen LogP contribution >= 0.6 is 15.9 Å². The fraction of sp³-hybridized carbons (Fsp3) is 0.125. The van der Waals surface area contributed by atoms with Crippen molar-refractivity contribution in [3.63, 3.8) is 0 Å². The van der Waals surface area contributed by atoms with Crippen LogP contribution in [0.4, 0.5) is 5.69 Å². The molecule has 106 valence electrons. The van der Waals surface area contributed by atoms with Crippen molar-refractivity contribution >= 4 is 27.5 Å². The molecule has 0 fully saturated rings. The summed E-state index contributed by atoms with van der Waals surface area (Å²) in [6, 6.07) is 16.0. The topological polar surface area (TPSA) is 62.1 Å². The molecule has 0 aliphatic carbocycles. The maximum atomic E-state index is 12.1. The molecule has 4 nitrogen and oxygen atoms in total. The zero-order valence-corrected chi connectivity index (χ0v) is 12.9. The minimum absolute atomic E-state index is 0.270. The molecule has 1 amide bonds. The van der Waals surface area contributed by atoms with Crippen LogP contribution in [0.15, 0.2) is 53.0 Å². The van der Waals surface area contributed by atoms with Gasteiger partial charge in [0.15, 0.2) is 6.10 Å². The molecule has 0 saturated carbocycles. The quantitative estimate of drug-likeness (QED) is 0.919. The van der Waals surface area contributed by atoms with E-state index in [9.17, 15) is 4.79 Å². The fourth-order valence-electron chi connectivity index (χ4n) is 1.68. The third-order valence-electron chi connectivity index (χ3n) is 2.75. The van der Waals surface area contributed by atoms with Crippen molar-refractivity contribution < 1.29 is 9.53 Å². The highest BCUT2D eigenvalue weighted by Gasteiger charge is 2.15. The molecular formula is C16H13BrN2O2. The number of ether oxygens (including phenoxy) is 1. The average Bonchev–Trinajstić information content (AvgIpc) is 2.49. The lowest BCUT2D eigenvalue weighted by molar-refractivity contribution is -0.122. The van der Waals surface area contributed by atoms with Crippen LogP contribution in [0, 0.1) is 11.3 Å². The summed E-state index contributed by atoms with van der Waals surface area (Å²) in [5.74, 6) is 0.347. The van der Waals surface area contributed by atoms with Gasteiger partial charge in [0.05, 0.1) is 11.6 Å². The van der Waals surface area contributed by atoms with E-state index < -0.39 is 6.10 Å². The summed E-state index contributed by atoms with van der Waals surface area (Å²) in [5, 5.41) is 11.6. The highest BCUT2D eigenvalue weighted by Crippen LogP contribution is 2.18. The van der Waals surface area contributed by atoms with Crippen LogP contribution in [-0.4, -0.2) is 12.0 Å². The van der Waals surface area contributed by atoms with Gasteiger partial charge in [-0.1, -0.05) is 22.0 Å². The molecule has 0 radical (unpaired) electrons. The number of amides is 1. The maximum Gasteiger partial charge on any atom is 0.265 e. The minimum Gasteiger partial charge on any atom is -0.481 e. The highest BCUT2D eigenvalue weighted by atomic mass is 79.9. The van der Waals surface area contributed by atoms with Gasteiger partial charge in [-0.05, 0) is 49.4 Å². The van der Waals surface area contributed by atoms with E-state index in [4.69, 9.17) is 10.00 Å². The predicted molar refractivity (Wildman–Crippen MR) is 84.0 cm³/mol. The zero-order valence-electron chi connectivity index (χ0n) is 11.3. The summed E-state index contributed by atoms with van der Waals surface area (Å²) in [4.78, 5) is 12.1. The van der Waals surface area contributed by atoms with Crippen LogP contribution in [0.3, 0.4) is 0 Å². The van der Waals surface area contributed by atoms with Crippen LogP contribution in [-0.2, 0) is 4.79 Å². The van der Waals surface area contributed by atoms with Gasteiger partial charge in [-0.3, -0.25) is 4.79 Å². The number of carbonyl (C=O) groups excluding carboxylic acids is 1. The molecule has 5 heteroatoms. The molecule has 0 aliphatic rings. The van der Waals surface area contributed by atoms with Gasteiger partial charge >= 0.3 is 0 Å². The maximum absolute atomic E-state index is 12.1. The lowest BCUT2D eigenvalue weighted by Gasteiger charge is -2.14. The molecule has 0 bridgehead atoms. The second-order valence-corrected chi connectivity index (χ2v) is 5.31. The molecule has 0 spiro atoms. The van der Waals surface area contributed by atoms with Crippen molar-refractivity contribution in [3.05, 3.63) is 58.6 Å². The van der Waals surface area contributed by atoms with E-state index in [1.54, 1.807) is 43.3 Å². The van der Waals surface area contributed by atoms with E-state index in [1.165, 1.54) is 0 Å². The van der Waals surface area contributed by atoms with Gasteiger partial charge < -0.3 is 10.1 Å². The summed E-state index contributed by atoms with van der Waals surface area (Å²) < 4.78 is 6.51. The normalized spacial score (nSPS) is 11.3. The number of nitrogens with one attached hydrogen (secondary N) is 1. The van der Waals surface area contributed by atoms with Gasteiger partial charge in [-0.15, -0.1) is 0 Å². The van der Waals surface area contributed by atoms with Crippen molar-refractivity contribution in [1.82, 2.24) is 0 Å². The van der Waals surface area contributed by atoms with Crippen LogP contribution in [0.25, 0.3) is 0 Å². The summed E-state index contributed by atoms with van der Waals surface area (Å²) >= 11 is 3.34. The molecule has 0 saturated heterocycles. The monoisotopic (exact) mass is 344 g/mol. The van der Waals surface area contributed by atoms with Gasteiger partial charge in [0, 0.05) is 10.2 Å². The number of rotatable bonds is 4. The number of anilines is 1. The first-order valence-corrected chi connectivity index (χ1v) is 7.11. The Morgan fingerprint density at radius 2 is 2.00 bits per heavy atom. The van der Waals surface area contributed by atoms with Crippen LogP contribution in [0.1, 0.15) is 12.5 Å². The summed E-state index contributed by atoms with van der Waals surface area (Å²) in [6.45, 7) is 1.67. The van der Waals surface area contributed by atoms with E-state index in [1.807, 2.05) is 18.2 Å². The molecule has 2 aromatic carbocycles. The Morgan fingerprint density at radius 1 is 1.29 bits per heavy atom. The van der Waals surface area contributed by atoms with Gasteiger partial charge in [-0.25, -0.2) is 0 Å². The van der Waals surface area contributed by atoms with Crippen molar-refractivity contribution in [2.24, 2.45) is 0 Å². The second kappa shape index (κ2) is 6.91. The van der Waals surface area contributed by atoms with Crippen molar-refractivity contribution in [3.8, 4) is 11.8 Å². The van der Waals surface area contributed by atoms with Gasteiger partial charge in [0.25, 0.3) is 5.91 Å². The molecule has 2 aromatic rings. The molecule has 2 rings (SSSR count). The first-order chi connectivity index (χ1) is 10.1. The van der Waals surface area contributed by atoms with E-state index in [0.717, 1.165) is 4.47 Å². The number of hydrogen-bond acceptors (Lipinski definition) is 3. The van der Waals surface area contributed by atoms with E-state index >= 15 is 0 Å². The molecular weight excluding hydrogens is 332 g/mol. The van der Waals surface area contributed by atoms with E-state index in [2.05, 4.69) is 21.2 Å². The Morgan fingerprint density at radius 3 is 2.67 bits per heavy atom. The Balaban J connectivity index is 1.99. The number of halogens is 1.